The Kier molecular flexibility index (Phi) is 5.81. The van der Waals surface area contributed by atoms with Crippen molar-refractivity contribution in [3.05, 3.63) is 66.0 Å². The highest BCUT2D eigenvalue weighted by Gasteiger charge is 2.50. The zero-order valence-corrected chi connectivity index (χ0v) is 16.7. The second kappa shape index (κ2) is 8.52. The number of nitrogens with zero attached hydrogens (tertiary/aromatic N) is 2. The van der Waals surface area contributed by atoms with Gasteiger partial charge in [-0.2, -0.15) is 0 Å². The van der Waals surface area contributed by atoms with E-state index in [9.17, 15) is 18.4 Å². The number of alkyl halides is 1. The van der Waals surface area contributed by atoms with Crippen molar-refractivity contribution in [1.82, 2.24) is 10.2 Å². The second-order valence-corrected chi connectivity index (χ2v) is 7.93. The van der Waals surface area contributed by atoms with Gasteiger partial charge in [-0.05, 0) is 55.7 Å². The summed E-state index contributed by atoms with van der Waals surface area (Å²) >= 11 is 0. The molecule has 1 atom stereocenters. The van der Waals surface area contributed by atoms with Crippen molar-refractivity contribution in [3.63, 3.8) is 0 Å². The number of Topliss-reactive ketones (excluding diaryl/α,β-unsaturated/α-hetero) is 1. The first-order valence-electron chi connectivity index (χ1n) is 10.3. The molecule has 2 fully saturated rings. The number of piperidine rings is 1. The van der Waals surface area contributed by atoms with Crippen molar-refractivity contribution < 1.29 is 18.4 Å². The molecule has 1 spiro atoms. The van der Waals surface area contributed by atoms with Crippen LogP contribution in [0.15, 0.2) is 54.6 Å². The largest absolute Gasteiger partial charge is 0.339 e. The van der Waals surface area contributed by atoms with Gasteiger partial charge in [0.05, 0.1) is 6.67 Å². The van der Waals surface area contributed by atoms with Crippen molar-refractivity contribution in [2.75, 3.05) is 31.2 Å². The predicted octanol–water partition coefficient (Wildman–Crippen LogP) is 3.17. The topological polar surface area (TPSA) is 52.7 Å². The lowest BCUT2D eigenvalue weighted by Crippen LogP contribution is -2.56. The maximum absolute atomic E-state index is 14.4. The normalized spacial score (nSPS) is 19.7. The minimum atomic E-state index is -1.62. The number of rotatable bonds is 6. The van der Waals surface area contributed by atoms with Crippen LogP contribution in [0.1, 0.15) is 29.6 Å². The van der Waals surface area contributed by atoms with Crippen molar-refractivity contribution in [3.8, 4) is 0 Å². The van der Waals surface area contributed by atoms with Gasteiger partial charge in [0.2, 0.25) is 5.91 Å². The Morgan fingerprint density at radius 3 is 2.40 bits per heavy atom. The van der Waals surface area contributed by atoms with E-state index in [1.54, 1.807) is 0 Å². The average Bonchev–Trinajstić information content (AvgIpc) is 3.09. The molecule has 0 radical (unpaired) electrons. The van der Waals surface area contributed by atoms with Gasteiger partial charge in [-0.3, -0.25) is 9.59 Å². The molecule has 0 aliphatic carbocycles. The summed E-state index contributed by atoms with van der Waals surface area (Å²) in [6, 6.07) is 14.8. The minimum absolute atomic E-state index is 0.0425. The molecule has 2 aromatic rings. The van der Waals surface area contributed by atoms with Crippen LogP contribution in [0.25, 0.3) is 0 Å². The van der Waals surface area contributed by atoms with Crippen LogP contribution in [0.4, 0.5) is 14.5 Å². The third kappa shape index (κ3) is 3.94. The van der Waals surface area contributed by atoms with Crippen molar-refractivity contribution in [2.45, 2.75) is 31.0 Å². The molecule has 1 unspecified atom stereocenters. The van der Waals surface area contributed by atoms with Crippen molar-refractivity contribution in [1.29, 1.82) is 0 Å². The third-order valence-electron chi connectivity index (χ3n) is 6.20. The minimum Gasteiger partial charge on any atom is -0.339 e. The monoisotopic (exact) mass is 413 g/mol. The Morgan fingerprint density at radius 1 is 1.07 bits per heavy atom. The maximum Gasteiger partial charge on any atom is 0.247 e. The summed E-state index contributed by atoms with van der Waals surface area (Å²) in [5, 5.41) is 2.97. The number of hydrogen-bond acceptors (Lipinski definition) is 4. The highest BCUT2D eigenvalue weighted by atomic mass is 19.1. The highest BCUT2D eigenvalue weighted by Crippen LogP contribution is 2.36. The fourth-order valence-electron chi connectivity index (χ4n) is 4.40. The van der Waals surface area contributed by atoms with Crippen LogP contribution in [0, 0.1) is 5.82 Å². The zero-order chi connectivity index (χ0) is 21.1. The molecule has 2 aliphatic heterocycles. The third-order valence-corrected chi connectivity index (χ3v) is 6.20. The number of hydrogen-bond donors (Lipinski definition) is 1. The number of ketones is 1. The lowest BCUT2D eigenvalue weighted by atomic mass is 9.85. The molecule has 4 rings (SSSR count). The number of amides is 1. The molecule has 2 heterocycles. The number of nitrogens with one attached hydrogen (secondary N) is 1. The molecular formula is C23H25F2N3O2. The van der Waals surface area contributed by atoms with E-state index in [-0.39, 0.29) is 17.9 Å². The summed E-state index contributed by atoms with van der Waals surface area (Å²) in [5.41, 5.74) is 0.623. The maximum atomic E-state index is 14.4. The number of likely N-dealkylation sites (tertiary alicyclic amines) is 1. The van der Waals surface area contributed by atoms with Gasteiger partial charge in [-0.15, -0.1) is 0 Å². The fourth-order valence-corrected chi connectivity index (χ4v) is 4.40. The number of carbonyl (C=O) groups is 2. The van der Waals surface area contributed by atoms with Gasteiger partial charge in [0.1, 0.15) is 11.4 Å². The molecule has 7 heteroatoms. The molecule has 0 saturated carbocycles. The molecule has 1 amide bonds. The summed E-state index contributed by atoms with van der Waals surface area (Å²) in [4.78, 5) is 29.1. The molecule has 158 valence electrons. The Balaban J connectivity index is 1.33. The quantitative estimate of drug-likeness (QED) is 0.740. The van der Waals surface area contributed by atoms with Crippen LogP contribution in [0.5, 0.6) is 0 Å². The van der Waals surface area contributed by atoms with Gasteiger partial charge in [0.15, 0.2) is 12.0 Å². The molecule has 30 heavy (non-hydrogen) atoms. The predicted molar refractivity (Wildman–Crippen MR) is 111 cm³/mol. The highest BCUT2D eigenvalue weighted by molar-refractivity contribution is 5.99. The van der Waals surface area contributed by atoms with Gasteiger partial charge in [0, 0.05) is 30.9 Å². The lowest BCUT2D eigenvalue weighted by Gasteiger charge is -2.43. The molecule has 5 nitrogen and oxygen atoms in total. The van der Waals surface area contributed by atoms with E-state index in [4.69, 9.17) is 0 Å². The summed E-state index contributed by atoms with van der Waals surface area (Å²) in [7, 11) is 0. The van der Waals surface area contributed by atoms with Gasteiger partial charge in [0.25, 0.3) is 0 Å². The van der Waals surface area contributed by atoms with Crippen molar-refractivity contribution in [2.24, 2.45) is 0 Å². The number of para-hydroxylation sites is 1. The molecular weight excluding hydrogens is 388 g/mol. The van der Waals surface area contributed by atoms with E-state index in [1.807, 2.05) is 30.3 Å². The average molecular weight is 413 g/mol. The first-order chi connectivity index (χ1) is 14.5. The Hall–Kier alpha value is -2.80. The van der Waals surface area contributed by atoms with Crippen LogP contribution in [0.3, 0.4) is 0 Å². The zero-order valence-electron chi connectivity index (χ0n) is 16.7. The number of halogens is 2. The molecule has 0 aromatic heterocycles. The molecule has 2 aromatic carbocycles. The van der Waals surface area contributed by atoms with Crippen LogP contribution < -0.4 is 10.2 Å². The molecule has 2 saturated heterocycles. The summed E-state index contributed by atoms with van der Waals surface area (Å²) < 4.78 is 27.4. The van der Waals surface area contributed by atoms with Crippen LogP contribution in [-0.2, 0) is 4.79 Å². The molecule has 0 bridgehead atoms. The molecule has 1 N–H and O–H groups in total. The van der Waals surface area contributed by atoms with Gasteiger partial charge < -0.3 is 15.1 Å². The first-order valence-corrected chi connectivity index (χ1v) is 10.3. The van der Waals surface area contributed by atoms with Gasteiger partial charge in [-0.25, -0.2) is 8.78 Å². The second-order valence-electron chi connectivity index (χ2n) is 7.93. The van der Waals surface area contributed by atoms with E-state index < -0.39 is 23.3 Å². The van der Waals surface area contributed by atoms with Gasteiger partial charge in [-0.1, -0.05) is 18.2 Å². The summed E-state index contributed by atoms with van der Waals surface area (Å²) in [5.74, 6) is -1.03. The van der Waals surface area contributed by atoms with E-state index in [2.05, 4.69) is 15.1 Å². The fraction of sp³-hybridized carbons (Fsp3) is 0.391. The van der Waals surface area contributed by atoms with E-state index in [0.717, 1.165) is 17.8 Å². The Labute approximate surface area is 174 Å². The standard InChI is InChI=1S/C23H25F2N3O2/c24-18-8-6-17(7-9-18)21(29)20(25)10-13-27-14-11-23(12-15-27)22(30)26-16-28(23)19-4-2-1-3-5-19/h1-9,20H,10-16H2,(H,26,30). The van der Waals surface area contributed by atoms with Crippen LogP contribution >= 0.6 is 0 Å². The SMILES string of the molecule is O=C(c1ccc(F)cc1)C(F)CCN1CCC2(CC1)C(=O)NCN2c1ccccc1. The van der Waals surface area contributed by atoms with Crippen LogP contribution in [-0.4, -0.2) is 54.6 Å². The van der Waals surface area contributed by atoms with E-state index in [0.29, 0.717) is 39.1 Å². The van der Waals surface area contributed by atoms with Gasteiger partial charge >= 0.3 is 0 Å². The molecule has 2 aliphatic rings. The lowest BCUT2D eigenvalue weighted by molar-refractivity contribution is -0.125. The van der Waals surface area contributed by atoms with E-state index in [1.165, 1.54) is 12.1 Å². The summed E-state index contributed by atoms with van der Waals surface area (Å²) in [6.45, 7) is 2.25. The number of benzene rings is 2. The van der Waals surface area contributed by atoms with Crippen molar-refractivity contribution >= 4 is 17.4 Å². The number of anilines is 1. The number of carbonyl (C=O) groups excluding carboxylic acids is 2. The Morgan fingerprint density at radius 2 is 1.73 bits per heavy atom. The smallest absolute Gasteiger partial charge is 0.247 e. The van der Waals surface area contributed by atoms with E-state index >= 15 is 0 Å². The summed E-state index contributed by atoms with van der Waals surface area (Å²) in [6.07, 6.45) is -0.243. The Bertz CT molecular complexity index is 896. The first kappa shape index (κ1) is 20.5. The van der Waals surface area contributed by atoms with Crippen LogP contribution in [0.2, 0.25) is 0 Å².